The first-order valence-corrected chi connectivity index (χ1v) is 8.94. The molecule has 0 amide bonds. The molecule has 1 atom stereocenters. The maximum absolute atomic E-state index is 12.7. The summed E-state index contributed by atoms with van der Waals surface area (Å²) in [5.74, 6) is 0.840. The number of hydrogen-bond donors (Lipinski definition) is 3. The molecule has 9 heteroatoms. The topological polar surface area (TPSA) is 75.9 Å². The zero-order chi connectivity index (χ0) is 18.3. The Morgan fingerprint density at radius 3 is 2.62 bits per heavy atom. The van der Waals surface area contributed by atoms with Crippen molar-refractivity contribution in [1.82, 2.24) is 15.3 Å². The van der Waals surface area contributed by atoms with Gasteiger partial charge in [0.05, 0.1) is 15.8 Å². The summed E-state index contributed by atoms with van der Waals surface area (Å²) in [4.78, 5) is 9.38. The van der Waals surface area contributed by atoms with Gasteiger partial charge in [-0.25, -0.2) is 4.98 Å². The lowest BCUT2D eigenvalue weighted by Crippen LogP contribution is -2.23. The van der Waals surface area contributed by atoms with E-state index in [0.29, 0.717) is 16.9 Å². The van der Waals surface area contributed by atoms with Gasteiger partial charge in [-0.15, -0.1) is 11.3 Å². The monoisotopic (exact) mass is 379 g/mol. The van der Waals surface area contributed by atoms with E-state index in [2.05, 4.69) is 20.6 Å². The Morgan fingerprint density at radius 1 is 1.19 bits per heavy atom. The molecule has 0 bridgehead atoms. The fourth-order valence-corrected chi connectivity index (χ4v) is 4.04. The van der Waals surface area contributed by atoms with E-state index in [9.17, 15) is 13.2 Å². The molecular weight excluding hydrogens is 363 g/mol. The van der Waals surface area contributed by atoms with E-state index in [4.69, 9.17) is 5.73 Å². The summed E-state index contributed by atoms with van der Waals surface area (Å²) in [6.07, 6.45) is -3.35. The number of rotatable bonds is 3. The highest BCUT2D eigenvalue weighted by atomic mass is 32.1. The van der Waals surface area contributed by atoms with Crippen molar-refractivity contribution in [1.29, 1.82) is 0 Å². The predicted molar refractivity (Wildman–Crippen MR) is 97.2 cm³/mol. The molecule has 1 aliphatic rings. The maximum Gasteiger partial charge on any atom is 0.416 e. The third-order valence-corrected chi connectivity index (χ3v) is 5.47. The van der Waals surface area contributed by atoms with Crippen molar-refractivity contribution in [2.24, 2.45) is 0 Å². The summed E-state index contributed by atoms with van der Waals surface area (Å²) in [6.45, 7) is 1.80. The summed E-state index contributed by atoms with van der Waals surface area (Å²) in [5.41, 5.74) is 6.54. The van der Waals surface area contributed by atoms with Crippen LogP contribution in [-0.4, -0.2) is 29.1 Å². The van der Waals surface area contributed by atoms with E-state index in [-0.39, 0.29) is 12.0 Å². The third-order valence-electron chi connectivity index (χ3n) is 4.29. The van der Waals surface area contributed by atoms with E-state index in [1.54, 1.807) is 0 Å². The standard InChI is InChI=1S/C17H16F3N5S/c18-17(19,20)10-3-1-9(2-4-10)13-7-12-14(26-13)15(25-16(21)24-12)23-11-5-6-22-8-11/h1-4,7,11,22H,5-6,8H2,(H3,21,23,24,25). The van der Waals surface area contributed by atoms with Gasteiger partial charge in [0.15, 0.2) is 0 Å². The summed E-state index contributed by atoms with van der Waals surface area (Å²) >= 11 is 1.44. The van der Waals surface area contributed by atoms with Gasteiger partial charge < -0.3 is 16.4 Å². The fraction of sp³-hybridized carbons (Fsp3) is 0.294. The van der Waals surface area contributed by atoms with Crippen LogP contribution in [0.1, 0.15) is 12.0 Å². The minimum absolute atomic E-state index is 0.169. The number of fused-ring (bicyclic) bond motifs is 1. The van der Waals surface area contributed by atoms with E-state index < -0.39 is 11.7 Å². The second-order valence-electron chi connectivity index (χ2n) is 6.16. The Kier molecular flexibility index (Phi) is 4.20. The van der Waals surface area contributed by atoms with E-state index >= 15 is 0 Å². The molecule has 4 N–H and O–H groups in total. The van der Waals surface area contributed by atoms with Gasteiger partial charge in [-0.05, 0) is 36.7 Å². The van der Waals surface area contributed by atoms with Crippen molar-refractivity contribution in [3.8, 4) is 10.4 Å². The molecule has 0 saturated carbocycles. The molecule has 3 heterocycles. The number of hydrogen-bond acceptors (Lipinski definition) is 6. The first kappa shape index (κ1) is 17.0. The molecule has 1 saturated heterocycles. The van der Waals surface area contributed by atoms with Crippen molar-refractivity contribution in [2.45, 2.75) is 18.6 Å². The number of nitrogens with two attached hydrogens (primary N) is 1. The van der Waals surface area contributed by atoms with Gasteiger partial charge >= 0.3 is 6.18 Å². The van der Waals surface area contributed by atoms with Crippen LogP contribution in [-0.2, 0) is 6.18 Å². The van der Waals surface area contributed by atoms with Crippen LogP contribution in [0.15, 0.2) is 30.3 Å². The molecule has 26 heavy (non-hydrogen) atoms. The summed E-state index contributed by atoms with van der Waals surface area (Å²) < 4.78 is 39.1. The number of halogens is 3. The smallest absolute Gasteiger partial charge is 0.368 e. The normalized spacial score (nSPS) is 17.7. The number of benzene rings is 1. The van der Waals surface area contributed by atoms with E-state index in [1.165, 1.54) is 23.5 Å². The largest absolute Gasteiger partial charge is 0.416 e. The van der Waals surface area contributed by atoms with E-state index in [0.717, 1.165) is 41.2 Å². The molecule has 4 rings (SSSR count). The van der Waals surface area contributed by atoms with Crippen molar-refractivity contribution in [3.63, 3.8) is 0 Å². The molecule has 2 aromatic heterocycles. The first-order valence-electron chi connectivity index (χ1n) is 8.12. The summed E-state index contributed by atoms with van der Waals surface area (Å²) in [7, 11) is 0. The van der Waals surface area contributed by atoms with Crippen molar-refractivity contribution >= 4 is 33.3 Å². The van der Waals surface area contributed by atoms with Crippen LogP contribution >= 0.6 is 11.3 Å². The van der Waals surface area contributed by atoms with Gasteiger partial charge in [-0.2, -0.15) is 18.2 Å². The van der Waals surface area contributed by atoms with Crippen LogP contribution in [0.25, 0.3) is 20.7 Å². The quantitative estimate of drug-likeness (QED) is 0.646. The van der Waals surface area contributed by atoms with Gasteiger partial charge in [-0.1, -0.05) is 12.1 Å². The molecule has 1 aromatic carbocycles. The molecular formula is C17H16F3N5S. The lowest BCUT2D eigenvalue weighted by Gasteiger charge is -2.12. The number of anilines is 2. The SMILES string of the molecule is Nc1nc(NC2CCNC2)c2sc(-c3ccc(C(F)(F)F)cc3)cc2n1. The lowest BCUT2D eigenvalue weighted by atomic mass is 10.1. The molecule has 0 aliphatic carbocycles. The molecule has 0 radical (unpaired) electrons. The summed E-state index contributed by atoms with van der Waals surface area (Å²) in [5, 5.41) is 6.66. The van der Waals surface area contributed by atoms with Crippen LogP contribution in [0.3, 0.4) is 0 Å². The van der Waals surface area contributed by atoms with Gasteiger partial charge in [0.2, 0.25) is 5.95 Å². The highest BCUT2D eigenvalue weighted by molar-refractivity contribution is 7.22. The Morgan fingerprint density at radius 2 is 1.96 bits per heavy atom. The zero-order valence-corrected chi connectivity index (χ0v) is 14.4. The van der Waals surface area contributed by atoms with Crippen molar-refractivity contribution in [3.05, 3.63) is 35.9 Å². The average molecular weight is 379 g/mol. The fourth-order valence-electron chi connectivity index (χ4n) is 2.98. The zero-order valence-electron chi connectivity index (χ0n) is 13.6. The predicted octanol–water partition coefficient (Wildman–Crippen LogP) is 3.73. The molecule has 136 valence electrons. The number of nitrogens with one attached hydrogen (secondary N) is 2. The van der Waals surface area contributed by atoms with Gasteiger partial charge in [0.1, 0.15) is 5.82 Å². The van der Waals surface area contributed by atoms with Gasteiger partial charge in [0, 0.05) is 17.5 Å². The summed E-state index contributed by atoms with van der Waals surface area (Å²) in [6, 6.07) is 7.21. The van der Waals surface area contributed by atoms with Crippen LogP contribution < -0.4 is 16.4 Å². The third kappa shape index (κ3) is 3.32. The van der Waals surface area contributed by atoms with Crippen molar-refractivity contribution < 1.29 is 13.2 Å². The Bertz CT molecular complexity index is 930. The van der Waals surface area contributed by atoms with Crippen LogP contribution in [0, 0.1) is 0 Å². The molecule has 3 aromatic rings. The maximum atomic E-state index is 12.7. The second-order valence-corrected chi connectivity index (χ2v) is 7.22. The van der Waals surface area contributed by atoms with Gasteiger partial charge in [0.25, 0.3) is 0 Å². The van der Waals surface area contributed by atoms with E-state index in [1.807, 2.05) is 6.07 Å². The minimum Gasteiger partial charge on any atom is -0.368 e. The number of nitrogens with zero attached hydrogens (tertiary/aromatic N) is 2. The molecule has 5 nitrogen and oxygen atoms in total. The van der Waals surface area contributed by atoms with Crippen molar-refractivity contribution in [2.75, 3.05) is 24.1 Å². The Balaban J connectivity index is 1.70. The number of thiophene rings is 1. The molecule has 1 aliphatic heterocycles. The second kappa shape index (κ2) is 6.40. The lowest BCUT2D eigenvalue weighted by molar-refractivity contribution is -0.137. The van der Waals surface area contributed by atoms with Gasteiger partial charge in [-0.3, -0.25) is 0 Å². The number of nitrogen functional groups attached to an aromatic ring is 1. The molecule has 1 fully saturated rings. The number of alkyl halides is 3. The highest BCUT2D eigenvalue weighted by Gasteiger charge is 2.30. The first-order chi connectivity index (χ1) is 12.4. The van der Waals surface area contributed by atoms with Crippen LogP contribution in [0.4, 0.5) is 24.9 Å². The Labute approximate surface area is 151 Å². The number of aromatic nitrogens is 2. The molecule has 1 unspecified atom stereocenters. The minimum atomic E-state index is -4.34. The highest BCUT2D eigenvalue weighted by Crippen LogP contribution is 2.38. The van der Waals surface area contributed by atoms with Crippen LogP contribution in [0.2, 0.25) is 0 Å². The average Bonchev–Trinajstić information content (AvgIpc) is 3.23. The van der Waals surface area contributed by atoms with Crippen LogP contribution in [0.5, 0.6) is 0 Å². The molecule has 0 spiro atoms. The Hall–Kier alpha value is -2.39.